The van der Waals surface area contributed by atoms with Gasteiger partial charge >= 0.3 is 6.18 Å². The third-order valence-electron chi connectivity index (χ3n) is 1.53. The lowest BCUT2D eigenvalue weighted by Gasteiger charge is -2.06. The van der Waals surface area contributed by atoms with E-state index in [0.717, 1.165) is 11.6 Å². The summed E-state index contributed by atoms with van der Waals surface area (Å²) < 4.78 is 36.3. The Morgan fingerprint density at radius 1 is 1.40 bits per heavy atom. The Kier molecular flexibility index (Phi) is 3.28. The van der Waals surface area contributed by atoms with Crippen molar-refractivity contribution in [2.45, 2.75) is 13.1 Å². The number of halogens is 3. The van der Waals surface area contributed by atoms with E-state index < -0.39 is 11.9 Å². The van der Waals surface area contributed by atoms with Gasteiger partial charge < -0.3 is 5.32 Å². The molecule has 0 fully saturated rings. The van der Waals surface area contributed by atoms with Gasteiger partial charge in [-0.05, 0) is 19.1 Å². The molecule has 0 amide bonds. The van der Waals surface area contributed by atoms with E-state index in [1.54, 1.807) is 6.92 Å². The van der Waals surface area contributed by atoms with Crippen molar-refractivity contribution >= 4 is 5.82 Å². The average molecular weight is 217 g/mol. The van der Waals surface area contributed by atoms with Crippen molar-refractivity contribution < 1.29 is 13.2 Å². The Morgan fingerprint density at radius 3 is 2.47 bits per heavy atom. The van der Waals surface area contributed by atoms with E-state index in [2.05, 4.69) is 22.1 Å². The second-order valence-corrected chi connectivity index (χ2v) is 3.11. The number of hydrogen-bond acceptors (Lipinski definition) is 3. The quantitative estimate of drug-likeness (QED) is 0.790. The third kappa shape index (κ3) is 3.57. The summed E-state index contributed by atoms with van der Waals surface area (Å²) in [4.78, 5) is 0. The molecule has 1 N–H and O–H groups in total. The molecule has 1 aromatic heterocycles. The Hall–Kier alpha value is -1.59. The first-order valence-corrected chi connectivity index (χ1v) is 4.19. The molecule has 0 saturated carbocycles. The van der Waals surface area contributed by atoms with Crippen molar-refractivity contribution in [2.75, 3.05) is 11.9 Å². The summed E-state index contributed by atoms with van der Waals surface area (Å²) in [7, 11) is 0. The van der Waals surface area contributed by atoms with Crippen molar-refractivity contribution in [1.29, 1.82) is 0 Å². The van der Waals surface area contributed by atoms with Gasteiger partial charge in [0.25, 0.3) is 0 Å². The summed E-state index contributed by atoms with van der Waals surface area (Å²) >= 11 is 0. The summed E-state index contributed by atoms with van der Waals surface area (Å²) in [6.07, 6.45) is -4.44. The lowest BCUT2D eigenvalue weighted by Crippen LogP contribution is -2.11. The van der Waals surface area contributed by atoms with E-state index in [9.17, 15) is 13.2 Å². The molecule has 82 valence electrons. The van der Waals surface area contributed by atoms with E-state index >= 15 is 0 Å². The minimum atomic E-state index is -4.44. The molecule has 0 aromatic carbocycles. The van der Waals surface area contributed by atoms with E-state index in [0.29, 0.717) is 12.4 Å². The Labute approximate surface area is 85.0 Å². The monoisotopic (exact) mass is 217 g/mol. The van der Waals surface area contributed by atoms with Gasteiger partial charge in [0.15, 0.2) is 5.69 Å². The molecule has 0 atom stereocenters. The molecule has 0 bridgehead atoms. The zero-order valence-corrected chi connectivity index (χ0v) is 8.10. The van der Waals surface area contributed by atoms with Crippen LogP contribution in [-0.2, 0) is 6.18 Å². The van der Waals surface area contributed by atoms with Crippen LogP contribution in [0.4, 0.5) is 19.0 Å². The number of nitrogens with zero attached hydrogens (tertiary/aromatic N) is 2. The van der Waals surface area contributed by atoms with Gasteiger partial charge in [0.2, 0.25) is 0 Å². The molecule has 0 aliphatic heterocycles. The Balaban J connectivity index is 2.69. The van der Waals surface area contributed by atoms with Crippen LogP contribution >= 0.6 is 0 Å². The fourth-order valence-corrected chi connectivity index (χ4v) is 0.819. The zero-order chi connectivity index (χ0) is 11.5. The molecular formula is C9H10F3N3. The first kappa shape index (κ1) is 11.5. The average Bonchev–Trinajstić information content (AvgIpc) is 2.14. The number of anilines is 1. The summed E-state index contributed by atoms with van der Waals surface area (Å²) in [5, 5.41) is 9.24. The summed E-state index contributed by atoms with van der Waals surface area (Å²) in [5.41, 5.74) is -0.139. The van der Waals surface area contributed by atoms with Gasteiger partial charge in [-0.2, -0.15) is 13.2 Å². The maximum atomic E-state index is 12.1. The number of nitrogens with one attached hydrogen (secondary N) is 1. The van der Waals surface area contributed by atoms with E-state index in [-0.39, 0.29) is 0 Å². The highest BCUT2D eigenvalue weighted by atomic mass is 19.4. The Morgan fingerprint density at radius 2 is 2.07 bits per heavy atom. The molecule has 1 rings (SSSR count). The van der Waals surface area contributed by atoms with Crippen LogP contribution in [0.25, 0.3) is 0 Å². The first-order valence-electron chi connectivity index (χ1n) is 4.19. The number of aromatic nitrogens is 2. The van der Waals surface area contributed by atoms with Crippen LogP contribution in [0.3, 0.4) is 0 Å². The van der Waals surface area contributed by atoms with Crippen molar-refractivity contribution in [3.05, 3.63) is 30.0 Å². The van der Waals surface area contributed by atoms with Gasteiger partial charge in [0.1, 0.15) is 5.82 Å². The van der Waals surface area contributed by atoms with Crippen molar-refractivity contribution in [3.63, 3.8) is 0 Å². The third-order valence-corrected chi connectivity index (χ3v) is 1.53. The molecular weight excluding hydrogens is 207 g/mol. The fourth-order valence-electron chi connectivity index (χ4n) is 0.819. The van der Waals surface area contributed by atoms with Crippen LogP contribution in [0, 0.1) is 0 Å². The van der Waals surface area contributed by atoms with Crippen LogP contribution in [0.2, 0.25) is 0 Å². The molecule has 6 heteroatoms. The van der Waals surface area contributed by atoms with Gasteiger partial charge in [0.05, 0.1) is 0 Å². The zero-order valence-electron chi connectivity index (χ0n) is 8.10. The van der Waals surface area contributed by atoms with Crippen molar-refractivity contribution in [3.8, 4) is 0 Å². The number of rotatable bonds is 3. The van der Waals surface area contributed by atoms with E-state index in [4.69, 9.17) is 0 Å². The minimum Gasteiger partial charge on any atom is -0.365 e. The molecule has 0 aliphatic rings. The maximum Gasteiger partial charge on any atom is 0.435 e. The predicted octanol–water partition coefficient (Wildman–Crippen LogP) is 2.48. The van der Waals surface area contributed by atoms with Gasteiger partial charge in [-0.3, -0.25) is 0 Å². The maximum absolute atomic E-state index is 12.1. The van der Waals surface area contributed by atoms with Crippen LogP contribution in [-0.4, -0.2) is 16.7 Å². The van der Waals surface area contributed by atoms with Gasteiger partial charge in [-0.15, -0.1) is 10.2 Å². The lowest BCUT2D eigenvalue weighted by molar-refractivity contribution is -0.141. The molecule has 0 unspecified atom stereocenters. The molecule has 1 heterocycles. The van der Waals surface area contributed by atoms with E-state index in [1.807, 2.05) is 0 Å². The van der Waals surface area contributed by atoms with Gasteiger partial charge in [-0.25, -0.2) is 0 Å². The van der Waals surface area contributed by atoms with Crippen LogP contribution in [0.1, 0.15) is 12.6 Å². The fraction of sp³-hybridized carbons (Fsp3) is 0.333. The standard InChI is InChI=1S/C9H10F3N3/c1-6(2)5-13-8-4-3-7(14-15-8)9(10,11)12/h3-4H,1,5H2,2H3,(H,13,15). The molecule has 0 aliphatic carbocycles. The number of hydrogen-bond donors (Lipinski definition) is 1. The molecule has 0 radical (unpaired) electrons. The van der Waals surface area contributed by atoms with E-state index in [1.165, 1.54) is 6.07 Å². The predicted molar refractivity (Wildman–Crippen MR) is 50.3 cm³/mol. The van der Waals surface area contributed by atoms with Crippen LogP contribution in [0.15, 0.2) is 24.3 Å². The topological polar surface area (TPSA) is 37.8 Å². The highest BCUT2D eigenvalue weighted by Crippen LogP contribution is 2.26. The van der Waals surface area contributed by atoms with Crippen LogP contribution < -0.4 is 5.32 Å². The second kappa shape index (κ2) is 4.29. The van der Waals surface area contributed by atoms with Gasteiger partial charge in [-0.1, -0.05) is 12.2 Å². The number of alkyl halides is 3. The molecule has 0 spiro atoms. The molecule has 0 saturated heterocycles. The summed E-state index contributed by atoms with van der Waals surface area (Å²) in [6.45, 7) is 5.89. The smallest absolute Gasteiger partial charge is 0.365 e. The van der Waals surface area contributed by atoms with Crippen molar-refractivity contribution in [2.24, 2.45) is 0 Å². The molecule has 15 heavy (non-hydrogen) atoms. The summed E-state index contributed by atoms with van der Waals surface area (Å²) in [5.74, 6) is 0.297. The Bertz CT molecular complexity index is 343. The minimum absolute atomic E-state index is 0.297. The van der Waals surface area contributed by atoms with Crippen LogP contribution in [0.5, 0.6) is 0 Å². The summed E-state index contributed by atoms with van der Waals surface area (Å²) in [6, 6.07) is 2.12. The SMILES string of the molecule is C=C(C)CNc1ccc(C(F)(F)F)nn1. The van der Waals surface area contributed by atoms with Gasteiger partial charge in [0, 0.05) is 6.54 Å². The molecule has 1 aromatic rings. The largest absolute Gasteiger partial charge is 0.435 e. The second-order valence-electron chi connectivity index (χ2n) is 3.11. The highest BCUT2D eigenvalue weighted by Gasteiger charge is 2.32. The van der Waals surface area contributed by atoms with Crippen molar-refractivity contribution in [1.82, 2.24) is 10.2 Å². The normalized spacial score (nSPS) is 11.2. The first-order chi connectivity index (χ1) is 6.89. The molecule has 3 nitrogen and oxygen atoms in total. The lowest BCUT2D eigenvalue weighted by atomic mass is 10.3. The highest BCUT2D eigenvalue weighted by molar-refractivity contribution is 5.34.